The van der Waals surface area contributed by atoms with Crippen molar-refractivity contribution < 1.29 is 37.9 Å². The van der Waals surface area contributed by atoms with Crippen LogP contribution in [0.1, 0.15) is 155 Å². The lowest BCUT2D eigenvalue weighted by Gasteiger charge is -2.15. The molecule has 244 valence electrons. The Morgan fingerprint density at radius 2 is 1.12 bits per heavy atom. The standard InChI is InChI=1S/C31H62NO8P/c1-3-5-6-7-8-9-10-11-12-13-14-15-16-17-18-19-20-21-22-23-24-30(34)32-25-26-39-41(36,37)40-28-29(33)27-38-31(35)4-2/h29,33H,3-28H2,1-2H3,(H,32,34)(H,36,37). The number of hydrogen-bond acceptors (Lipinski definition) is 7. The number of phosphoric ester groups is 1. The highest BCUT2D eigenvalue weighted by Gasteiger charge is 2.23. The molecule has 0 radical (unpaired) electrons. The van der Waals surface area contributed by atoms with Crippen LogP contribution in [0.15, 0.2) is 0 Å². The van der Waals surface area contributed by atoms with Gasteiger partial charge in [-0.15, -0.1) is 0 Å². The van der Waals surface area contributed by atoms with Gasteiger partial charge in [0.15, 0.2) is 0 Å². The first-order valence-corrected chi connectivity index (χ1v) is 18.0. The molecule has 41 heavy (non-hydrogen) atoms. The van der Waals surface area contributed by atoms with Crippen LogP contribution in [-0.2, 0) is 27.9 Å². The molecule has 0 saturated carbocycles. The van der Waals surface area contributed by atoms with E-state index < -0.39 is 26.5 Å². The van der Waals surface area contributed by atoms with Gasteiger partial charge in [-0.2, -0.15) is 0 Å². The number of carbonyl (C=O) groups excluding carboxylic acids is 2. The number of phosphoric acid groups is 1. The van der Waals surface area contributed by atoms with E-state index in [1.807, 2.05) is 0 Å². The van der Waals surface area contributed by atoms with Crippen molar-refractivity contribution in [3.8, 4) is 0 Å². The normalized spacial score (nSPS) is 13.6. The van der Waals surface area contributed by atoms with E-state index >= 15 is 0 Å². The molecule has 0 aliphatic heterocycles. The second kappa shape index (κ2) is 29.1. The van der Waals surface area contributed by atoms with Crippen molar-refractivity contribution in [2.45, 2.75) is 161 Å². The first-order chi connectivity index (χ1) is 19.8. The Morgan fingerprint density at radius 1 is 0.683 bits per heavy atom. The monoisotopic (exact) mass is 607 g/mol. The zero-order chi connectivity index (χ0) is 30.4. The Morgan fingerprint density at radius 3 is 1.56 bits per heavy atom. The van der Waals surface area contributed by atoms with Gasteiger partial charge in [0, 0.05) is 19.4 Å². The number of nitrogens with one attached hydrogen (secondary N) is 1. The maximum absolute atomic E-state index is 11.9. The average molecular weight is 608 g/mol. The summed E-state index contributed by atoms with van der Waals surface area (Å²) < 4.78 is 26.0. The molecule has 0 aromatic heterocycles. The number of rotatable bonds is 31. The Balaban J connectivity index is 3.41. The molecule has 2 unspecified atom stereocenters. The third-order valence-electron chi connectivity index (χ3n) is 7.09. The minimum absolute atomic E-state index is 0.0859. The molecule has 0 aliphatic carbocycles. The first kappa shape index (κ1) is 40.0. The maximum Gasteiger partial charge on any atom is 0.472 e. The summed E-state index contributed by atoms with van der Waals surface area (Å²) in [7, 11) is -4.37. The summed E-state index contributed by atoms with van der Waals surface area (Å²) in [6.07, 6.45) is 25.7. The van der Waals surface area contributed by atoms with Crippen molar-refractivity contribution in [1.82, 2.24) is 5.32 Å². The fraction of sp³-hybridized carbons (Fsp3) is 0.935. The lowest BCUT2D eigenvalue weighted by Crippen LogP contribution is -2.27. The number of hydrogen-bond donors (Lipinski definition) is 3. The predicted octanol–water partition coefficient (Wildman–Crippen LogP) is 7.76. The highest BCUT2D eigenvalue weighted by molar-refractivity contribution is 7.47. The molecule has 2 atom stereocenters. The summed E-state index contributed by atoms with van der Waals surface area (Å²) in [5.41, 5.74) is 0. The van der Waals surface area contributed by atoms with Gasteiger partial charge in [-0.05, 0) is 6.42 Å². The van der Waals surface area contributed by atoms with Crippen LogP contribution in [-0.4, -0.2) is 54.3 Å². The van der Waals surface area contributed by atoms with E-state index in [2.05, 4.69) is 16.8 Å². The molecule has 0 bridgehead atoms. The summed E-state index contributed by atoms with van der Waals surface area (Å²) in [5.74, 6) is -0.600. The van der Waals surface area contributed by atoms with Crippen LogP contribution in [0.5, 0.6) is 0 Å². The van der Waals surface area contributed by atoms with Gasteiger partial charge < -0.3 is 20.1 Å². The minimum atomic E-state index is -4.37. The number of aliphatic hydroxyl groups excluding tert-OH is 1. The van der Waals surface area contributed by atoms with Gasteiger partial charge >= 0.3 is 13.8 Å². The smallest absolute Gasteiger partial charge is 0.463 e. The molecule has 0 heterocycles. The molecule has 1 amide bonds. The van der Waals surface area contributed by atoms with Crippen molar-refractivity contribution in [3.63, 3.8) is 0 Å². The van der Waals surface area contributed by atoms with Crippen molar-refractivity contribution >= 4 is 19.7 Å². The van der Waals surface area contributed by atoms with Gasteiger partial charge in [-0.25, -0.2) is 4.57 Å². The van der Waals surface area contributed by atoms with E-state index in [-0.39, 0.29) is 32.1 Å². The maximum atomic E-state index is 11.9. The lowest BCUT2D eigenvalue weighted by atomic mass is 10.0. The van der Waals surface area contributed by atoms with Crippen molar-refractivity contribution in [1.29, 1.82) is 0 Å². The molecule has 0 aromatic carbocycles. The highest BCUT2D eigenvalue weighted by Crippen LogP contribution is 2.42. The number of unbranched alkanes of at least 4 members (excludes halogenated alkanes) is 19. The lowest BCUT2D eigenvalue weighted by molar-refractivity contribution is -0.146. The minimum Gasteiger partial charge on any atom is -0.463 e. The zero-order valence-corrected chi connectivity index (χ0v) is 27.1. The zero-order valence-electron chi connectivity index (χ0n) is 26.3. The van der Waals surface area contributed by atoms with E-state index in [1.54, 1.807) is 6.92 Å². The molecular formula is C31H62NO8P. The topological polar surface area (TPSA) is 131 Å². The van der Waals surface area contributed by atoms with Crippen LogP contribution < -0.4 is 5.32 Å². The Labute approximate surface area is 250 Å². The van der Waals surface area contributed by atoms with Crippen LogP contribution >= 0.6 is 7.82 Å². The third-order valence-corrected chi connectivity index (χ3v) is 8.08. The SMILES string of the molecule is CCCCCCCCCCCCCCCCCCCCCCC(=O)NCCOP(=O)(O)OCC(O)COC(=O)CC. The van der Waals surface area contributed by atoms with Crippen molar-refractivity contribution in [2.75, 3.05) is 26.4 Å². The van der Waals surface area contributed by atoms with E-state index in [4.69, 9.17) is 9.26 Å². The number of amides is 1. The molecule has 0 spiro atoms. The Kier molecular flexibility index (Phi) is 28.4. The molecule has 9 nitrogen and oxygen atoms in total. The van der Waals surface area contributed by atoms with Gasteiger partial charge in [0.2, 0.25) is 5.91 Å². The van der Waals surface area contributed by atoms with E-state index in [1.165, 1.54) is 109 Å². The summed E-state index contributed by atoms with van der Waals surface area (Å²) >= 11 is 0. The second-order valence-electron chi connectivity index (χ2n) is 11.1. The van der Waals surface area contributed by atoms with Gasteiger partial charge in [-0.3, -0.25) is 18.6 Å². The molecular weight excluding hydrogens is 545 g/mol. The molecule has 10 heteroatoms. The molecule has 0 aliphatic rings. The number of ether oxygens (including phenoxy) is 1. The Bertz CT molecular complexity index is 664. The molecule has 0 saturated heterocycles. The van der Waals surface area contributed by atoms with E-state index in [0.29, 0.717) is 6.42 Å². The van der Waals surface area contributed by atoms with Crippen LogP contribution in [0.4, 0.5) is 0 Å². The van der Waals surface area contributed by atoms with Gasteiger partial charge in [-0.1, -0.05) is 136 Å². The van der Waals surface area contributed by atoms with Crippen molar-refractivity contribution in [2.24, 2.45) is 0 Å². The molecule has 3 N–H and O–H groups in total. The first-order valence-electron chi connectivity index (χ1n) is 16.5. The molecule has 0 aromatic rings. The largest absolute Gasteiger partial charge is 0.472 e. The number of esters is 1. The summed E-state index contributed by atoms with van der Waals surface area (Å²) in [6, 6.07) is 0. The van der Waals surface area contributed by atoms with Crippen LogP contribution in [0, 0.1) is 0 Å². The third kappa shape index (κ3) is 30.3. The predicted molar refractivity (Wildman–Crippen MR) is 165 cm³/mol. The molecule has 0 rings (SSSR count). The molecule has 0 fully saturated rings. The number of aliphatic hydroxyl groups is 1. The van der Waals surface area contributed by atoms with Gasteiger partial charge in [0.05, 0.1) is 13.2 Å². The van der Waals surface area contributed by atoms with Crippen LogP contribution in [0.25, 0.3) is 0 Å². The Hall–Kier alpha value is -0.990. The van der Waals surface area contributed by atoms with Gasteiger partial charge in [0.1, 0.15) is 12.7 Å². The van der Waals surface area contributed by atoms with Crippen LogP contribution in [0.3, 0.4) is 0 Å². The van der Waals surface area contributed by atoms with E-state index in [9.17, 15) is 24.2 Å². The highest BCUT2D eigenvalue weighted by atomic mass is 31.2. The fourth-order valence-corrected chi connectivity index (χ4v) is 5.29. The summed E-state index contributed by atoms with van der Waals surface area (Å²) in [5, 5.41) is 12.3. The van der Waals surface area contributed by atoms with Crippen LogP contribution in [0.2, 0.25) is 0 Å². The summed E-state index contributed by atoms with van der Waals surface area (Å²) in [6.45, 7) is 2.93. The fourth-order valence-electron chi connectivity index (χ4n) is 4.54. The second-order valence-corrected chi connectivity index (χ2v) is 12.6. The van der Waals surface area contributed by atoms with Gasteiger partial charge in [0.25, 0.3) is 0 Å². The summed E-state index contributed by atoms with van der Waals surface area (Å²) in [4.78, 5) is 32.6. The van der Waals surface area contributed by atoms with E-state index in [0.717, 1.165) is 19.3 Å². The van der Waals surface area contributed by atoms with Crippen molar-refractivity contribution in [3.05, 3.63) is 0 Å². The number of carbonyl (C=O) groups is 2. The average Bonchev–Trinajstić information content (AvgIpc) is 2.96. The quantitative estimate of drug-likeness (QED) is 0.0414.